The number of anilines is 2. The van der Waals surface area contributed by atoms with Crippen molar-refractivity contribution in [3.63, 3.8) is 0 Å². The number of alkyl halides is 1. The Morgan fingerprint density at radius 1 is 1.19 bits per heavy atom. The molecule has 36 heavy (non-hydrogen) atoms. The SMILES string of the molecule is Nc1nc(N)c(C(=O)/N=C2\NCC3(CCN(C(=O)CCc4ccc5c(c4)CCO5)CC3)N2)nc1CI. The third-order valence-corrected chi connectivity index (χ3v) is 7.72. The normalized spacial score (nSPS) is 19.0. The molecule has 190 valence electrons. The average molecular weight is 604 g/mol. The predicted octanol–water partition coefficient (Wildman–Crippen LogP) is 1.19. The first-order valence-electron chi connectivity index (χ1n) is 12.0. The van der Waals surface area contributed by atoms with Gasteiger partial charge in [-0.25, -0.2) is 9.97 Å². The van der Waals surface area contributed by atoms with Gasteiger partial charge in [0.05, 0.1) is 17.8 Å². The maximum absolute atomic E-state index is 12.8. The predicted molar refractivity (Wildman–Crippen MR) is 144 cm³/mol. The van der Waals surface area contributed by atoms with Gasteiger partial charge in [-0.05, 0) is 36.5 Å². The third kappa shape index (κ3) is 5.04. The number of nitrogens with two attached hydrogens (primary N) is 2. The first kappa shape index (κ1) is 24.5. The number of halogens is 1. The van der Waals surface area contributed by atoms with E-state index in [1.165, 1.54) is 11.1 Å². The summed E-state index contributed by atoms with van der Waals surface area (Å²) in [5.41, 5.74) is 14.3. The fourth-order valence-corrected chi connectivity index (χ4v) is 5.42. The molecule has 0 radical (unpaired) electrons. The van der Waals surface area contributed by atoms with Crippen LogP contribution in [0.3, 0.4) is 0 Å². The molecule has 6 N–H and O–H groups in total. The highest BCUT2D eigenvalue weighted by Gasteiger charge is 2.40. The van der Waals surface area contributed by atoms with Crippen molar-refractivity contribution in [1.29, 1.82) is 0 Å². The Hall–Kier alpha value is -3.16. The second-order valence-electron chi connectivity index (χ2n) is 9.37. The Morgan fingerprint density at radius 2 is 2.00 bits per heavy atom. The van der Waals surface area contributed by atoms with Gasteiger partial charge in [0.15, 0.2) is 17.5 Å². The van der Waals surface area contributed by atoms with E-state index in [1.54, 1.807) is 0 Å². The van der Waals surface area contributed by atoms with Crippen LogP contribution in [0.15, 0.2) is 23.2 Å². The van der Waals surface area contributed by atoms with Crippen molar-refractivity contribution in [1.82, 2.24) is 25.5 Å². The molecule has 0 aliphatic carbocycles. The highest BCUT2D eigenvalue weighted by Crippen LogP contribution is 2.28. The van der Waals surface area contributed by atoms with E-state index in [-0.39, 0.29) is 28.8 Å². The van der Waals surface area contributed by atoms with Crippen molar-refractivity contribution in [2.75, 3.05) is 37.7 Å². The second kappa shape index (κ2) is 10.1. The number of nitrogen functional groups attached to an aromatic ring is 2. The number of aromatic nitrogens is 2. The molecule has 3 aliphatic rings. The molecule has 2 aromatic rings. The molecule has 4 heterocycles. The highest BCUT2D eigenvalue weighted by molar-refractivity contribution is 14.1. The van der Waals surface area contributed by atoms with Crippen LogP contribution in [0.2, 0.25) is 0 Å². The van der Waals surface area contributed by atoms with E-state index in [2.05, 4.69) is 54.3 Å². The van der Waals surface area contributed by atoms with Crippen LogP contribution < -0.4 is 26.8 Å². The van der Waals surface area contributed by atoms with Gasteiger partial charge in [-0.15, -0.1) is 0 Å². The van der Waals surface area contributed by atoms with Crippen molar-refractivity contribution in [2.45, 2.75) is 42.1 Å². The summed E-state index contributed by atoms with van der Waals surface area (Å²) in [6, 6.07) is 6.21. The summed E-state index contributed by atoms with van der Waals surface area (Å²) in [5, 5.41) is 6.54. The van der Waals surface area contributed by atoms with E-state index in [0.717, 1.165) is 38.0 Å². The van der Waals surface area contributed by atoms with Gasteiger partial charge in [0.25, 0.3) is 0 Å². The minimum Gasteiger partial charge on any atom is -0.493 e. The Morgan fingerprint density at radius 3 is 2.78 bits per heavy atom. The molecule has 1 aromatic carbocycles. The van der Waals surface area contributed by atoms with E-state index < -0.39 is 5.91 Å². The summed E-state index contributed by atoms with van der Waals surface area (Å²) < 4.78 is 6.07. The van der Waals surface area contributed by atoms with E-state index >= 15 is 0 Å². The fraction of sp³-hybridized carbons (Fsp3) is 0.458. The maximum Gasteiger partial charge on any atom is 0.302 e. The summed E-state index contributed by atoms with van der Waals surface area (Å²) in [5.74, 6) is 1.11. The van der Waals surface area contributed by atoms with Crippen LogP contribution in [0.1, 0.15) is 46.6 Å². The number of benzene rings is 1. The lowest BCUT2D eigenvalue weighted by Gasteiger charge is -2.38. The molecule has 2 saturated heterocycles. The van der Waals surface area contributed by atoms with Crippen molar-refractivity contribution in [2.24, 2.45) is 4.99 Å². The summed E-state index contributed by atoms with van der Waals surface area (Å²) in [6.45, 7) is 2.67. The first-order chi connectivity index (χ1) is 17.4. The number of nitrogens with one attached hydrogen (secondary N) is 2. The maximum atomic E-state index is 12.8. The van der Waals surface area contributed by atoms with Gasteiger partial charge in [0.1, 0.15) is 11.6 Å². The van der Waals surface area contributed by atoms with Crippen LogP contribution in [0.4, 0.5) is 11.6 Å². The molecule has 3 aliphatic heterocycles. The minimum absolute atomic E-state index is 0.00997. The number of piperidine rings is 1. The number of carbonyl (C=O) groups is 2. The lowest BCUT2D eigenvalue weighted by molar-refractivity contribution is -0.132. The monoisotopic (exact) mass is 604 g/mol. The lowest BCUT2D eigenvalue weighted by Crippen LogP contribution is -2.53. The van der Waals surface area contributed by atoms with Gasteiger partial charge in [-0.2, -0.15) is 4.99 Å². The summed E-state index contributed by atoms with van der Waals surface area (Å²) >= 11 is 2.10. The Labute approximate surface area is 222 Å². The Balaban J connectivity index is 1.14. The number of likely N-dealkylation sites (tertiary alicyclic amines) is 1. The molecule has 1 spiro atoms. The molecule has 0 saturated carbocycles. The van der Waals surface area contributed by atoms with Crippen molar-refractivity contribution < 1.29 is 14.3 Å². The number of carbonyl (C=O) groups excluding carboxylic acids is 2. The number of rotatable bonds is 5. The van der Waals surface area contributed by atoms with Crippen molar-refractivity contribution >= 4 is 52.0 Å². The number of aliphatic imine (C=N–C) groups is 1. The third-order valence-electron chi connectivity index (χ3n) is 7.00. The van der Waals surface area contributed by atoms with E-state index in [9.17, 15) is 9.59 Å². The van der Waals surface area contributed by atoms with Crippen molar-refractivity contribution in [3.05, 3.63) is 40.7 Å². The van der Waals surface area contributed by atoms with Crippen LogP contribution in [-0.4, -0.2) is 64.4 Å². The largest absolute Gasteiger partial charge is 0.493 e. The van der Waals surface area contributed by atoms with E-state index in [0.29, 0.717) is 42.1 Å². The van der Waals surface area contributed by atoms with Gasteiger partial charge in [-0.1, -0.05) is 34.7 Å². The van der Waals surface area contributed by atoms with E-state index in [4.69, 9.17) is 16.2 Å². The first-order valence-corrected chi connectivity index (χ1v) is 13.5. The molecular formula is C24H29IN8O3. The minimum atomic E-state index is -0.580. The number of fused-ring (bicyclic) bond motifs is 1. The Bertz CT molecular complexity index is 1230. The molecule has 0 atom stereocenters. The molecule has 5 rings (SSSR count). The number of hydrogen-bond donors (Lipinski definition) is 4. The standard InChI is InChI=1S/C24H29IN8O3/c25-12-16-20(26)30-21(27)19(29-16)22(35)31-23-28-13-24(32-23)6-8-33(9-7-24)18(34)4-2-14-1-3-17-15(11-14)5-10-36-17/h1,3,11H,2,4-10,12-13H2,(H4,26,27,30)(H2,28,31,32,35). The summed E-state index contributed by atoms with van der Waals surface area (Å²) in [7, 11) is 0. The van der Waals surface area contributed by atoms with Crippen LogP contribution in [0.25, 0.3) is 0 Å². The fourth-order valence-electron chi connectivity index (χ4n) is 4.86. The molecule has 0 bridgehead atoms. The quantitative estimate of drug-likeness (QED) is 0.290. The zero-order valence-corrected chi connectivity index (χ0v) is 22.0. The molecule has 1 aromatic heterocycles. The number of hydrogen-bond acceptors (Lipinski definition) is 7. The number of guanidine groups is 1. The van der Waals surface area contributed by atoms with Crippen molar-refractivity contribution in [3.8, 4) is 5.75 Å². The van der Waals surface area contributed by atoms with Gasteiger partial charge in [0, 0.05) is 36.9 Å². The van der Waals surface area contributed by atoms with Crippen LogP contribution in [0, 0.1) is 0 Å². The molecular weight excluding hydrogens is 575 g/mol. The van der Waals surface area contributed by atoms with Gasteiger partial charge in [0.2, 0.25) is 5.91 Å². The number of ether oxygens (including phenoxy) is 1. The van der Waals surface area contributed by atoms with Gasteiger partial charge >= 0.3 is 5.91 Å². The van der Waals surface area contributed by atoms with E-state index in [1.807, 2.05) is 17.0 Å². The molecule has 11 nitrogen and oxygen atoms in total. The Kier molecular flexibility index (Phi) is 6.86. The van der Waals surface area contributed by atoms with Gasteiger partial charge < -0.3 is 31.7 Å². The summed E-state index contributed by atoms with van der Waals surface area (Å²) in [6.07, 6.45) is 3.67. The molecule has 2 fully saturated rings. The molecule has 12 heteroatoms. The number of amides is 2. The van der Waals surface area contributed by atoms with Crippen LogP contribution in [0.5, 0.6) is 5.75 Å². The number of nitrogens with zero attached hydrogens (tertiary/aromatic N) is 4. The smallest absolute Gasteiger partial charge is 0.302 e. The topological polar surface area (TPSA) is 161 Å². The van der Waals surface area contributed by atoms with Crippen LogP contribution in [-0.2, 0) is 22.1 Å². The molecule has 2 amide bonds. The number of aryl methyl sites for hydroxylation is 1. The zero-order valence-electron chi connectivity index (χ0n) is 19.8. The average Bonchev–Trinajstić information content (AvgIpc) is 3.49. The summed E-state index contributed by atoms with van der Waals surface area (Å²) in [4.78, 5) is 39.9. The second-order valence-corrected chi connectivity index (χ2v) is 10.1. The van der Waals surface area contributed by atoms with Crippen LogP contribution >= 0.6 is 22.6 Å². The van der Waals surface area contributed by atoms with Gasteiger partial charge in [-0.3, -0.25) is 9.59 Å². The molecule has 0 unspecified atom stereocenters. The highest BCUT2D eigenvalue weighted by atomic mass is 127. The lowest BCUT2D eigenvalue weighted by atomic mass is 9.88. The zero-order chi connectivity index (χ0) is 25.3.